The topological polar surface area (TPSA) is 80.0 Å². The second-order valence-corrected chi connectivity index (χ2v) is 5.12. The molecule has 0 bridgehead atoms. The standard InChI is InChI=1S/C15H20N4O2/c1-11-5-7-13(8-6-11)19-10-14(17-18-19)15(21)16-12(2)4-3-9-20/h5-8,10,12,20H,3-4,9H2,1-2H3,(H,16,21). The zero-order valence-corrected chi connectivity index (χ0v) is 12.3. The van der Waals surface area contributed by atoms with Crippen LogP contribution in [0.15, 0.2) is 30.5 Å². The van der Waals surface area contributed by atoms with Crippen LogP contribution in [0.5, 0.6) is 0 Å². The summed E-state index contributed by atoms with van der Waals surface area (Å²) in [6.45, 7) is 4.04. The van der Waals surface area contributed by atoms with Crippen molar-refractivity contribution in [1.29, 1.82) is 0 Å². The molecule has 112 valence electrons. The number of aryl methyl sites for hydroxylation is 1. The van der Waals surface area contributed by atoms with E-state index in [0.717, 1.165) is 17.7 Å². The molecule has 1 unspecified atom stereocenters. The molecule has 2 aromatic rings. The van der Waals surface area contributed by atoms with Crippen molar-refractivity contribution in [2.45, 2.75) is 32.7 Å². The fourth-order valence-electron chi connectivity index (χ4n) is 1.96. The molecule has 0 saturated carbocycles. The molecule has 0 saturated heterocycles. The molecule has 6 nitrogen and oxygen atoms in total. The van der Waals surface area contributed by atoms with E-state index in [9.17, 15) is 4.79 Å². The van der Waals surface area contributed by atoms with Gasteiger partial charge in [-0.05, 0) is 38.8 Å². The summed E-state index contributed by atoms with van der Waals surface area (Å²) in [5, 5.41) is 19.5. The van der Waals surface area contributed by atoms with Crippen LogP contribution in [0.2, 0.25) is 0 Å². The van der Waals surface area contributed by atoms with Crippen molar-refractivity contribution in [2.24, 2.45) is 0 Å². The first kappa shape index (κ1) is 15.2. The number of carbonyl (C=O) groups excluding carboxylic acids is 1. The lowest BCUT2D eigenvalue weighted by atomic mass is 10.2. The lowest BCUT2D eigenvalue weighted by Crippen LogP contribution is -2.32. The van der Waals surface area contributed by atoms with Crippen LogP contribution in [-0.4, -0.2) is 38.7 Å². The quantitative estimate of drug-likeness (QED) is 0.843. The van der Waals surface area contributed by atoms with Gasteiger partial charge in [-0.3, -0.25) is 4.79 Å². The minimum atomic E-state index is -0.251. The number of rotatable bonds is 6. The second-order valence-electron chi connectivity index (χ2n) is 5.12. The molecule has 1 heterocycles. The van der Waals surface area contributed by atoms with Crippen molar-refractivity contribution in [2.75, 3.05) is 6.61 Å². The number of nitrogens with one attached hydrogen (secondary N) is 1. The van der Waals surface area contributed by atoms with Crippen molar-refractivity contribution in [3.63, 3.8) is 0 Å². The summed E-state index contributed by atoms with van der Waals surface area (Å²) in [4.78, 5) is 12.0. The Kier molecular flexibility index (Phi) is 5.05. The summed E-state index contributed by atoms with van der Waals surface area (Å²) in [6.07, 6.45) is 3.00. The van der Waals surface area contributed by atoms with Crippen molar-refractivity contribution >= 4 is 5.91 Å². The fourth-order valence-corrected chi connectivity index (χ4v) is 1.96. The van der Waals surface area contributed by atoms with Gasteiger partial charge in [0.1, 0.15) is 0 Å². The number of aliphatic hydroxyl groups is 1. The molecule has 0 fully saturated rings. The molecule has 6 heteroatoms. The van der Waals surface area contributed by atoms with Crippen LogP contribution in [0.1, 0.15) is 35.8 Å². The fraction of sp³-hybridized carbons (Fsp3) is 0.400. The number of nitrogens with zero attached hydrogens (tertiary/aromatic N) is 3. The highest BCUT2D eigenvalue weighted by molar-refractivity contribution is 5.92. The van der Waals surface area contributed by atoms with Gasteiger partial charge < -0.3 is 10.4 Å². The Morgan fingerprint density at radius 3 is 2.76 bits per heavy atom. The first-order chi connectivity index (χ1) is 10.1. The van der Waals surface area contributed by atoms with Crippen molar-refractivity contribution < 1.29 is 9.90 Å². The third kappa shape index (κ3) is 4.13. The number of carbonyl (C=O) groups is 1. The second kappa shape index (κ2) is 6.99. The van der Waals surface area contributed by atoms with Crippen LogP contribution in [0.25, 0.3) is 5.69 Å². The van der Waals surface area contributed by atoms with Gasteiger partial charge in [-0.1, -0.05) is 22.9 Å². The summed E-state index contributed by atoms with van der Waals surface area (Å²) in [7, 11) is 0. The minimum Gasteiger partial charge on any atom is -0.396 e. The molecule has 21 heavy (non-hydrogen) atoms. The Morgan fingerprint density at radius 2 is 2.10 bits per heavy atom. The number of hydrogen-bond acceptors (Lipinski definition) is 4. The molecule has 0 aliphatic heterocycles. The SMILES string of the molecule is Cc1ccc(-n2cc(C(=O)NC(C)CCCO)nn2)cc1. The molecule has 1 aromatic heterocycles. The predicted molar refractivity (Wildman–Crippen MR) is 79.3 cm³/mol. The summed E-state index contributed by atoms with van der Waals surface area (Å²) < 4.78 is 1.58. The van der Waals surface area contributed by atoms with Crippen molar-refractivity contribution in [3.8, 4) is 5.69 Å². The predicted octanol–water partition coefficient (Wildman–Crippen LogP) is 1.47. The van der Waals surface area contributed by atoms with E-state index in [1.165, 1.54) is 0 Å². The van der Waals surface area contributed by atoms with Gasteiger partial charge in [0.2, 0.25) is 0 Å². The summed E-state index contributed by atoms with van der Waals surface area (Å²) in [5.74, 6) is -0.251. The van der Waals surface area contributed by atoms with Gasteiger partial charge >= 0.3 is 0 Å². The molecular formula is C15H20N4O2. The molecule has 1 aromatic carbocycles. The van der Waals surface area contributed by atoms with Crippen molar-refractivity contribution in [1.82, 2.24) is 20.3 Å². The molecule has 0 aliphatic rings. The van der Waals surface area contributed by atoms with Crippen LogP contribution in [0.4, 0.5) is 0 Å². The third-order valence-corrected chi connectivity index (χ3v) is 3.20. The Hall–Kier alpha value is -2.21. The van der Waals surface area contributed by atoms with Gasteiger partial charge in [-0.15, -0.1) is 5.10 Å². The van der Waals surface area contributed by atoms with E-state index in [4.69, 9.17) is 5.11 Å². The van der Waals surface area contributed by atoms with Gasteiger partial charge in [0.25, 0.3) is 5.91 Å². The van der Waals surface area contributed by atoms with Crippen LogP contribution in [0, 0.1) is 6.92 Å². The lowest BCUT2D eigenvalue weighted by molar-refractivity contribution is 0.0931. The van der Waals surface area contributed by atoms with Gasteiger partial charge in [0.15, 0.2) is 5.69 Å². The zero-order valence-electron chi connectivity index (χ0n) is 12.3. The Balaban J connectivity index is 2.02. The molecule has 2 N–H and O–H groups in total. The first-order valence-electron chi connectivity index (χ1n) is 7.01. The Morgan fingerprint density at radius 1 is 1.38 bits per heavy atom. The zero-order chi connectivity index (χ0) is 15.2. The maximum Gasteiger partial charge on any atom is 0.273 e. The largest absolute Gasteiger partial charge is 0.396 e. The lowest BCUT2D eigenvalue weighted by Gasteiger charge is -2.11. The summed E-state index contributed by atoms with van der Waals surface area (Å²) in [6, 6.07) is 7.81. The monoisotopic (exact) mass is 288 g/mol. The first-order valence-corrected chi connectivity index (χ1v) is 7.01. The van der Waals surface area contributed by atoms with Gasteiger partial charge in [-0.2, -0.15) is 0 Å². The Labute approximate surface area is 123 Å². The van der Waals surface area contributed by atoms with E-state index < -0.39 is 0 Å². The molecule has 0 spiro atoms. The van der Waals surface area contributed by atoms with Crippen LogP contribution in [0.3, 0.4) is 0 Å². The van der Waals surface area contributed by atoms with E-state index in [0.29, 0.717) is 6.42 Å². The molecule has 0 radical (unpaired) electrons. The highest BCUT2D eigenvalue weighted by atomic mass is 16.3. The maximum absolute atomic E-state index is 12.0. The van der Waals surface area contributed by atoms with Crippen molar-refractivity contribution in [3.05, 3.63) is 41.7 Å². The number of benzene rings is 1. The number of amides is 1. The van der Waals surface area contributed by atoms with E-state index in [2.05, 4.69) is 15.6 Å². The average Bonchev–Trinajstić information content (AvgIpc) is 2.96. The highest BCUT2D eigenvalue weighted by Gasteiger charge is 2.13. The minimum absolute atomic E-state index is 0.00539. The summed E-state index contributed by atoms with van der Waals surface area (Å²) in [5.41, 5.74) is 2.31. The van der Waals surface area contributed by atoms with Crippen LogP contribution in [-0.2, 0) is 0 Å². The maximum atomic E-state index is 12.0. The van der Waals surface area contributed by atoms with E-state index in [1.807, 2.05) is 38.1 Å². The van der Waals surface area contributed by atoms with E-state index >= 15 is 0 Å². The molecule has 0 aliphatic carbocycles. The Bertz CT molecular complexity index is 592. The third-order valence-electron chi connectivity index (χ3n) is 3.20. The molecular weight excluding hydrogens is 268 g/mol. The summed E-state index contributed by atoms with van der Waals surface area (Å²) >= 11 is 0. The van der Waals surface area contributed by atoms with E-state index in [-0.39, 0.29) is 24.2 Å². The normalized spacial score (nSPS) is 12.1. The van der Waals surface area contributed by atoms with Gasteiger partial charge in [-0.25, -0.2) is 4.68 Å². The van der Waals surface area contributed by atoms with Gasteiger partial charge in [0, 0.05) is 12.6 Å². The van der Waals surface area contributed by atoms with Crippen LogP contribution < -0.4 is 5.32 Å². The number of aliphatic hydroxyl groups excluding tert-OH is 1. The highest BCUT2D eigenvalue weighted by Crippen LogP contribution is 2.08. The molecule has 1 amide bonds. The molecule has 1 atom stereocenters. The smallest absolute Gasteiger partial charge is 0.273 e. The van der Waals surface area contributed by atoms with Gasteiger partial charge in [0.05, 0.1) is 11.9 Å². The average molecular weight is 288 g/mol. The number of hydrogen-bond donors (Lipinski definition) is 2. The molecule has 2 rings (SSSR count). The van der Waals surface area contributed by atoms with Crippen LogP contribution >= 0.6 is 0 Å². The number of aromatic nitrogens is 3. The van der Waals surface area contributed by atoms with E-state index in [1.54, 1.807) is 10.9 Å².